The Bertz CT molecular complexity index is 609. The van der Waals surface area contributed by atoms with Crippen molar-refractivity contribution < 1.29 is 19.1 Å². The molecule has 0 spiro atoms. The van der Waals surface area contributed by atoms with Crippen molar-refractivity contribution >= 4 is 29.2 Å². The number of carboxylic acid groups (broad SMARTS) is 1. The highest BCUT2D eigenvalue weighted by Crippen LogP contribution is 2.19. The van der Waals surface area contributed by atoms with Gasteiger partial charge in [-0.3, -0.25) is 4.79 Å². The van der Waals surface area contributed by atoms with Crippen LogP contribution in [-0.4, -0.2) is 22.0 Å². The first kappa shape index (κ1) is 12.1. The van der Waals surface area contributed by atoms with E-state index in [1.165, 1.54) is 30.7 Å². The van der Waals surface area contributed by atoms with E-state index in [-0.39, 0.29) is 22.2 Å². The second-order valence-corrected chi connectivity index (χ2v) is 3.61. The number of aromatic carboxylic acids is 1. The Labute approximate surface area is 106 Å². The first-order valence-electron chi connectivity index (χ1n) is 4.82. The smallest absolute Gasteiger partial charge is 0.356 e. The molecule has 0 aliphatic carbocycles. The lowest BCUT2D eigenvalue weighted by Crippen LogP contribution is -2.15. The summed E-state index contributed by atoms with van der Waals surface area (Å²) in [6.45, 7) is 0. The van der Waals surface area contributed by atoms with Crippen LogP contribution in [0.15, 0.2) is 35.1 Å². The summed E-state index contributed by atoms with van der Waals surface area (Å²) in [5, 5.41) is 11.3. The molecule has 2 N–H and O–H groups in total. The standard InChI is InChI=1S/C11H7ClN2O4/c12-9-6(3-5-18-9)10(15)14-7-2-1-4-13-8(7)11(16)17/h1-5H,(H,14,15)(H,16,17). The minimum absolute atomic E-state index is 0.0618. The predicted octanol–water partition coefficient (Wildman–Crippen LogP) is 2.28. The van der Waals surface area contributed by atoms with E-state index >= 15 is 0 Å². The van der Waals surface area contributed by atoms with Crippen molar-refractivity contribution in [1.82, 2.24) is 4.98 Å². The van der Waals surface area contributed by atoms with Gasteiger partial charge in [0.05, 0.1) is 17.5 Å². The van der Waals surface area contributed by atoms with Crippen molar-refractivity contribution in [3.63, 3.8) is 0 Å². The molecule has 92 valence electrons. The molecule has 0 saturated heterocycles. The molecule has 0 atom stereocenters. The summed E-state index contributed by atoms with van der Waals surface area (Å²) in [7, 11) is 0. The zero-order valence-corrected chi connectivity index (χ0v) is 9.64. The van der Waals surface area contributed by atoms with Crippen LogP contribution in [0.25, 0.3) is 0 Å². The van der Waals surface area contributed by atoms with Gasteiger partial charge >= 0.3 is 5.97 Å². The van der Waals surface area contributed by atoms with E-state index < -0.39 is 11.9 Å². The molecule has 2 rings (SSSR count). The number of hydrogen-bond donors (Lipinski definition) is 2. The molecular formula is C11H7ClN2O4. The van der Waals surface area contributed by atoms with Gasteiger partial charge < -0.3 is 14.8 Å². The molecule has 0 aliphatic heterocycles. The molecule has 0 aliphatic rings. The summed E-state index contributed by atoms with van der Waals surface area (Å²) in [5.74, 6) is -1.80. The second kappa shape index (κ2) is 4.89. The van der Waals surface area contributed by atoms with Crippen LogP contribution in [0, 0.1) is 0 Å². The minimum Gasteiger partial charge on any atom is -0.476 e. The fourth-order valence-electron chi connectivity index (χ4n) is 1.32. The van der Waals surface area contributed by atoms with Gasteiger partial charge in [0.25, 0.3) is 5.91 Å². The maximum Gasteiger partial charge on any atom is 0.356 e. The van der Waals surface area contributed by atoms with Crippen LogP contribution in [0.4, 0.5) is 5.69 Å². The third kappa shape index (κ3) is 2.33. The first-order valence-corrected chi connectivity index (χ1v) is 5.20. The van der Waals surface area contributed by atoms with Crippen LogP contribution < -0.4 is 5.32 Å². The highest BCUT2D eigenvalue weighted by Gasteiger charge is 2.17. The molecule has 18 heavy (non-hydrogen) atoms. The van der Waals surface area contributed by atoms with E-state index in [0.29, 0.717) is 0 Å². The van der Waals surface area contributed by atoms with Crippen LogP contribution in [0.5, 0.6) is 0 Å². The molecule has 0 aromatic carbocycles. The summed E-state index contributed by atoms with van der Waals surface area (Å²) >= 11 is 5.64. The van der Waals surface area contributed by atoms with Gasteiger partial charge in [0.1, 0.15) is 0 Å². The third-order valence-electron chi connectivity index (χ3n) is 2.12. The zero-order chi connectivity index (χ0) is 13.1. The van der Waals surface area contributed by atoms with E-state index in [9.17, 15) is 9.59 Å². The molecule has 0 saturated carbocycles. The van der Waals surface area contributed by atoms with Gasteiger partial charge in [-0.25, -0.2) is 9.78 Å². The van der Waals surface area contributed by atoms with Crippen molar-refractivity contribution in [3.8, 4) is 0 Å². The quantitative estimate of drug-likeness (QED) is 0.889. The number of anilines is 1. The second-order valence-electron chi connectivity index (χ2n) is 3.27. The fourth-order valence-corrected chi connectivity index (χ4v) is 1.52. The van der Waals surface area contributed by atoms with Crippen molar-refractivity contribution in [2.24, 2.45) is 0 Å². The number of amides is 1. The fraction of sp³-hybridized carbons (Fsp3) is 0. The Hall–Kier alpha value is -2.34. The van der Waals surface area contributed by atoms with Gasteiger partial charge in [-0.1, -0.05) is 0 Å². The van der Waals surface area contributed by atoms with E-state index in [0.717, 1.165) is 0 Å². The summed E-state index contributed by atoms with van der Waals surface area (Å²) < 4.78 is 4.77. The van der Waals surface area contributed by atoms with Crippen LogP contribution >= 0.6 is 11.6 Å². The Balaban J connectivity index is 2.28. The lowest BCUT2D eigenvalue weighted by Gasteiger charge is -2.06. The molecule has 0 radical (unpaired) electrons. The molecule has 0 fully saturated rings. The van der Waals surface area contributed by atoms with E-state index in [1.807, 2.05) is 0 Å². The van der Waals surface area contributed by atoms with Crippen molar-refractivity contribution in [2.75, 3.05) is 5.32 Å². The van der Waals surface area contributed by atoms with Crippen molar-refractivity contribution in [1.29, 1.82) is 0 Å². The lowest BCUT2D eigenvalue weighted by atomic mass is 10.2. The maximum atomic E-state index is 11.8. The SMILES string of the molecule is O=C(Nc1cccnc1C(=O)O)c1ccoc1Cl. The van der Waals surface area contributed by atoms with Crippen LogP contribution in [0.2, 0.25) is 5.22 Å². The van der Waals surface area contributed by atoms with Gasteiger partial charge in [-0.05, 0) is 29.8 Å². The monoisotopic (exact) mass is 266 g/mol. The summed E-state index contributed by atoms with van der Waals surface area (Å²) in [5.41, 5.74) is -0.0328. The third-order valence-corrected chi connectivity index (χ3v) is 2.41. The maximum absolute atomic E-state index is 11.8. The number of halogens is 1. The average molecular weight is 267 g/mol. The van der Waals surface area contributed by atoms with E-state index in [1.54, 1.807) is 0 Å². The Kier molecular flexibility index (Phi) is 3.29. The zero-order valence-electron chi connectivity index (χ0n) is 8.88. The summed E-state index contributed by atoms with van der Waals surface area (Å²) in [6, 6.07) is 4.33. The Morgan fingerprint density at radius 3 is 2.78 bits per heavy atom. The van der Waals surface area contributed by atoms with Gasteiger partial charge in [0.15, 0.2) is 5.69 Å². The highest BCUT2D eigenvalue weighted by molar-refractivity contribution is 6.32. The molecule has 1 amide bonds. The number of rotatable bonds is 3. The van der Waals surface area contributed by atoms with Crippen LogP contribution in [-0.2, 0) is 0 Å². The molecule has 2 heterocycles. The first-order chi connectivity index (χ1) is 8.59. The van der Waals surface area contributed by atoms with E-state index in [4.69, 9.17) is 21.1 Å². The van der Waals surface area contributed by atoms with Crippen molar-refractivity contribution in [2.45, 2.75) is 0 Å². The van der Waals surface area contributed by atoms with Crippen LogP contribution in [0.1, 0.15) is 20.8 Å². The Morgan fingerprint density at radius 2 is 2.17 bits per heavy atom. The number of carboxylic acids is 1. The molecular weight excluding hydrogens is 260 g/mol. The molecule has 7 heteroatoms. The average Bonchev–Trinajstić information content (AvgIpc) is 2.76. The van der Waals surface area contributed by atoms with Gasteiger partial charge in [0.2, 0.25) is 5.22 Å². The van der Waals surface area contributed by atoms with Gasteiger partial charge in [-0.2, -0.15) is 0 Å². The van der Waals surface area contributed by atoms with E-state index in [2.05, 4.69) is 10.3 Å². The van der Waals surface area contributed by atoms with Gasteiger partial charge in [0, 0.05) is 6.20 Å². The topological polar surface area (TPSA) is 92.4 Å². The number of nitrogens with one attached hydrogen (secondary N) is 1. The van der Waals surface area contributed by atoms with Crippen molar-refractivity contribution in [3.05, 3.63) is 47.1 Å². The summed E-state index contributed by atoms with van der Waals surface area (Å²) in [6.07, 6.45) is 2.59. The number of carbonyl (C=O) groups is 2. The number of aromatic nitrogens is 1. The number of pyridine rings is 1. The number of furan rings is 1. The minimum atomic E-state index is -1.23. The molecule has 6 nitrogen and oxygen atoms in total. The predicted molar refractivity (Wildman–Crippen MR) is 62.9 cm³/mol. The highest BCUT2D eigenvalue weighted by atomic mass is 35.5. The normalized spacial score (nSPS) is 10.1. The number of hydrogen-bond acceptors (Lipinski definition) is 4. The lowest BCUT2D eigenvalue weighted by molar-refractivity contribution is 0.0692. The van der Waals surface area contributed by atoms with Crippen LogP contribution in [0.3, 0.4) is 0 Å². The Morgan fingerprint density at radius 1 is 1.39 bits per heavy atom. The van der Waals surface area contributed by atoms with Gasteiger partial charge in [-0.15, -0.1) is 0 Å². The molecule has 2 aromatic rings. The number of carbonyl (C=O) groups excluding carboxylic acids is 1. The summed E-state index contributed by atoms with van der Waals surface area (Å²) in [4.78, 5) is 26.4. The molecule has 2 aromatic heterocycles. The number of nitrogens with zero attached hydrogens (tertiary/aromatic N) is 1. The molecule has 0 unspecified atom stereocenters. The largest absolute Gasteiger partial charge is 0.476 e. The molecule has 0 bridgehead atoms.